The molecule has 10 heteroatoms. The molecule has 1 heterocycles. The zero-order chi connectivity index (χ0) is 22.1. The number of benzene rings is 1. The van der Waals surface area contributed by atoms with Gasteiger partial charge >= 0.3 is 12.0 Å². The van der Waals surface area contributed by atoms with Crippen LogP contribution in [0.4, 0.5) is 10.5 Å². The van der Waals surface area contributed by atoms with Gasteiger partial charge in [-0.1, -0.05) is 13.8 Å². The molecular formula is C20H26N4O6. The number of carbonyl (C=O) groups excluding carboxylic acids is 5. The van der Waals surface area contributed by atoms with E-state index in [0.29, 0.717) is 25.1 Å². The summed E-state index contributed by atoms with van der Waals surface area (Å²) in [6.45, 7) is 3.80. The molecule has 5 amide bonds. The van der Waals surface area contributed by atoms with Crippen molar-refractivity contribution in [2.24, 2.45) is 5.92 Å². The van der Waals surface area contributed by atoms with Gasteiger partial charge in [0.1, 0.15) is 6.54 Å². The van der Waals surface area contributed by atoms with Crippen molar-refractivity contribution in [2.75, 3.05) is 31.1 Å². The van der Waals surface area contributed by atoms with Gasteiger partial charge in [-0.3, -0.25) is 24.5 Å². The molecule has 1 aliphatic heterocycles. The number of nitrogens with zero attached hydrogens (tertiary/aromatic N) is 1. The van der Waals surface area contributed by atoms with Crippen molar-refractivity contribution in [2.45, 2.75) is 26.7 Å². The third-order valence-electron chi connectivity index (χ3n) is 4.20. The number of ether oxygens (including phenoxy) is 1. The van der Waals surface area contributed by atoms with Crippen LogP contribution in [-0.4, -0.2) is 56.0 Å². The molecule has 1 fully saturated rings. The maximum Gasteiger partial charge on any atom is 0.325 e. The number of hydrogen-bond donors (Lipinski definition) is 3. The topological polar surface area (TPSA) is 134 Å². The second-order valence-corrected chi connectivity index (χ2v) is 7.19. The van der Waals surface area contributed by atoms with Crippen LogP contribution < -0.4 is 20.9 Å². The third kappa shape index (κ3) is 7.19. The summed E-state index contributed by atoms with van der Waals surface area (Å²) in [6, 6.07) is 5.79. The van der Waals surface area contributed by atoms with E-state index >= 15 is 0 Å². The Morgan fingerprint density at radius 1 is 1.10 bits per heavy atom. The normalized spacial score (nSPS) is 13.2. The summed E-state index contributed by atoms with van der Waals surface area (Å²) in [6.07, 6.45) is 1.33. The molecular weight excluding hydrogens is 392 g/mol. The van der Waals surface area contributed by atoms with Gasteiger partial charge < -0.3 is 20.3 Å². The average molecular weight is 418 g/mol. The van der Waals surface area contributed by atoms with Crippen LogP contribution >= 0.6 is 0 Å². The quantitative estimate of drug-likeness (QED) is 0.529. The number of anilines is 1. The number of rotatable bonds is 8. The largest absolute Gasteiger partial charge is 0.454 e. The van der Waals surface area contributed by atoms with Crippen molar-refractivity contribution in [3.8, 4) is 0 Å². The highest BCUT2D eigenvalue weighted by atomic mass is 16.5. The lowest BCUT2D eigenvalue weighted by atomic mass is 10.2. The number of hydrogen-bond acceptors (Lipinski definition) is 6. The molecule has 0 radical (unpaired) electrons. The molecule has 0 aliphatic carbocycles. The van der Waals surface area contributed by atoms with Gasteiger partial charge in [0.05, 0.1) is 0 Å². The first-order chi connectivity index (χ1) is 14.3. The lowest BCUT2D eigenvalue weighted by Crippen LogP contribution is -2.43. The first kappa shape index (κ1) is 22.9. The van der Waals surface area contributed by atoms with Gasteiger partial charge in [-0.2, -0.15) is 0 Å². The van der Waals surface area contributed by atoms with Crippen LogP contribution in [0, 0.1) is 5.92 Å². The van der Waals surface area contributed by atoms with Crippen LogP contribution in [-0.2, 0) is 19.1 Å². The van der Waals surface area contributed by atoms with E-state index in [1.165, 1.54) is 0 Å². The van der Waals surface area contributed by atoms with Gasteiger partial charge in [0.15, 0.2) is 6.61 Å². The molecule has 1 aromatic carbocycles. The van der Waals surface area contributed by atoms with E-state index < -0.39 is 37.0 Å². The summed E-state index contributed by atoms with van der Waals surface area (Å²) in [4.78, 5) is 60.2. The Morgan fingerprint density at radius 3 is 2.40 bits per heavy atom. The molecule has 10 nitrogen and oxygen atoms in total. The molecule has 0 aromatic heterocycles. The van der Waals surface area contributed by atoms with E-state index in [2.05, 4.69) is 10.6 Å². The zero-order valence-corrected chi connectivity index (χ0v) is 17.0. The van der Waals surface area contributed by atoms with Gasteiger partial charge in [-0.05, 0) is 36.6 Å². The fraction of sp³-hybridized carbons (Fsp3) is 0.450. The number of carbonyl (C=O) groups is 5. The summed E-state index contributed by atoms with van der Waals surface area (Å²) < 4.78 is 4.73. The van der Waals surface area contributed by atoms with Crippen LogP contribution in [0.3, 0.4) is 0 Å². The summed E-state index contributed by atoms with van der Waals surface area (Å²) in [5.74, 6) is -1.81. The Kier molecular flexibility index (Phi) is 8.33. The van der Waals surface area contributed by atoms with Crippen molar-refractivity contribution < 1.29 is 28.7 Å². The predicted octanol–water partition coefficient (Wildman–Crippen LogP) is 0.568. The number of esters is 1. The van der Waals surface area contributed by atoms with E-state index in [4.69, 9.17) is 4.74 Å². The summed E-state index contributed by atoms with van der Waals surface area (Å²) in [5, 5.41) is 6.91. The Balaban J connectivity index is 1.70. The molecule has 0 unspecified atom stereocenters. The van der Waals surface area contributed by atoms with Gasteiger partial charge in [0, 0.05) is 30.8 Å². The Bertz CT molecular complexity index is 806. The van der Waals surface area contributed by atoms with Gasteiger partial charge in [-0.25, -0.2) is 4.79 Å². The number of urea groups is 1. The van der Waals surface area contributed by atoms with Gasteiger partial charge in [0.25, 0.3) is 11.8 Å². The number of nitrogens with one attached hydrogen (secondary N) is 3. The molecule has 0 atom stereocenters. The summed E-state index contributed by atoms with van der Waals surface area (Å²) in [5.41, 5.74) is 1.04. The fourth-order valence-electron chi connectivity index (χ4n) is 2.67. The van der Waals surface area contributed by atoms with Crippen molar-refractivity contribution >= 4 is 35.4 Å². The van der Waals surface area contributed by atoms with Crippen molar-refractivity contribution in [3.63, 3.8) is 0 Å². The molecule has 162 valence electrons. The van der Waals surface area contributed by atoms with Crippen molar-refractivity contribution in [1.82, 2.24) is 16.0 Å². The lowest BCUT2D eigenvalue weighted by Gasteiger charge is -2.15. The second kappa shape index (κ2) is 10.9. The highest BCUT2D eigenvalue weighted by Crippen LogP contribution is 2.21. The second-order valence-electron chi connectivity index (χ2n) is 7.19. The maximum atomic E-state index is 12.1. The zero-order valence-electron chi connectivity index (χ0n) is 17.0. The lowest BCUT2D eigenvalue weighted by molar-refractivity contribution is -0.147. The van der Waals surface area contributed by atoms with E-state index in [9.17, 15) is 24.0 Å². The monoisotopic (exact) mass is 418 g/mol. The van der Waals surface area contributed by atoms with Gasteiger partial charge in [-0.15, -0.1) is 0 Å². The molecule has 1 saturated heterocycles. The highest BCUT2D eigenvalue weighted by molar-refractivity contribution is 5.99. The smallest absolute Gasteiger partial charge is 0.325 e. The minimum Gasteiger partial charge on any atom is -0.454 e. The van der Waals surface area contributed by atoms with E-state index in [1.54, 1.807) is 29.2 Å². The Morgan fingerprint density at radius 2 is 1.80 bits per heavy atom. The van der Waals surface area contributed by atoms with Crippen molar-refractivity contribution in [1.29, 1.82) is 0 Å². The fourth-order valence-corrected chi connectivity index (χ4v) is 2.67. The molecule has 0 saturated carbocycles. The Labute approximate surface area is 174 Å². The van der Waals surface area contributed by atoms with Crippen molar-refractivity contribution in [3.05, 3.63) is 29.8 Å². The predicted molar refractivity (Wildman–Crippen MR) is 108 cm³/mol. The molecule has 1 aromatic rings. The summed E-state index contributed by atoms with van der Waals surface area (Å²) >= 11 is 0. The molecule has 0 spiro atoms. The van der Waals surface area contributed by atoms with Crippen LogP contribution in [0.25, 0.3) is 0 Å². The van der Waals surface area contributed by atoms with E-state index in [-0.39, 0.29) is 11.8 Å². The minimum absolute atomic E-state index is 0.0522. The molecule has 30 heavy (non-hydrogen) atoms. The van der Waals surface area contributed by atoms with E-state index in [0.717, 1.165) is 12.1 Å². The molecule has 0 bridgehead atoms. The number of amides is 5. The molecule has 2 rings (SSSR count). The van der Waals surface area contributed by atoms with Gasteiger partial charge in [0.2, 0.25) is 5.91 Å². The minimum atomic E-state index is -0.819. The SMILES string of the molecule is CC(C)CNC(=O)NC(=O)COC(=O)CNC(=O)c1ccc(N2CCCC2=O)cc1. The third-order valence-corrected chi connectivity index (χ3v) is 4.20. The molecule has 1 aliphatic rings. The van der Waals surface area contributed by atoms with Crippen LogP contribution in [0.15, 0.2) is 24.3 Å². The first-order valence-corrected chi connectivity index (χ1v) is 9.68. The number of imide groups is 1. The average Bonchev–Trinajstić information content (AvgIpc) is 3.15. The standard InChI is InChI=1S/C20H26N4O6/c1-13(2)10-22-20(29)23-16(25)12-30-18(27)11-21-19(28)14-5-7-15(8-6-14)24-9-3-4-17(24)26/h5-8,13H,3-4,9-12H2,1-2H3,(H,21,28)(H2,22,23,25,29). The van der Waals surface area contributed by atoms with Crippen LogP contribution in [0.5, 0.6) is 0 Å². The summed E-state index contributed by atoms with van der Waals surface area (Å²) in [7, 11) is 0. The first-order valence-electron chi connectivity index (χ1n) is 9.68. The molecule has 3 N–H and O–H groups in total. The Hall–Kier alpha value is -3.43. The van der Waals surface area contributed by atoms with E-state index in [1.807, 2.05) is 19.2 Å². The maximum absolute atomic E-state index is 12.1. The van der Waals surface area contributed by atoms with Crippen LogP contribution in [0.2, 0.25) is 0 Å². The van der Waals surface area contributed by atoms with Crippen LogP contribution in [0.1, 0.15) is 37.0 Å². The highest BCUT2D eigenvalue weighted by Gasteiger charge is 2.21.